The van der Waals surface area contributed by atoms with Crippen molar-refractivity contribution in [3.63, 3.8) is 0 Å². The number of benzene rings is 1. The molecule has 0 aromatic heterocycles. The van der Waals surface area contributed by atoms with E-state index in [1.54, 1.807) is 0 Å². The van der Waals surface area contributed by atoms with Crippen LogP contribution in [0, 0.1) is 6.92 Å². The van der Waals surface area contributed by atoms with E-state index in [2.05, 4.69) is 36.1 Å². The van der Waals surface area contributed by atoms with E-state index in [9.17, 15) is 0 Å². The highest BCUT2D eigenvalue weighted by atomic mass is 16.5. The van der Waals surface area contributed by atoms with Gasteiger partial charge in [-0.05, 0) is 18.1 Å². The molecule has 0 saturated carbocycles. The molecule has 0 amide bonds. The molecule has 2 N–H and O–H groups in total. The van der Waals surface area contributed by atoms with E-state index in [1.165, 1.54) is 11.1 Å². The number of aryl methyl sites for hydroxylation is 1. The second-order valence-electron chi connectivity index (χ2n) is 4.38. The predicted octanol–water partition coefficient (Wildman–Crippen LogP) is 1.33. The normalized spacial score (nSPS) is 19.6. The van der Waals surface area contributed by atoms with Crippen LogP contribution in [-0.2, 0) is 4.74 Å². The van der Waals surface area contributed by atoms with Crippen molar-refractivity contribution in [3.8, 4) is 0 Å². The van der Waals surface area contributed by atoms with Gasteiger partial charge < -0.3 is 10.5 Å². The van der Waals surface area contributed by atoms with Crippen LogP contribution in [0.4, 0.5) is 0 Å². The Morgan fingerprint density at radius 3 is 2.69 bits per heavy atom. The van der Waals surface area contributed by atoms with Gasteiger partial charge in [0.25, 0.3) is 0 Å². The summed E-state index contributed by atoms with van der Waals surface area (Å²) in [6, 6.07) is 8.47. The maximum atomic E-state index is 6.24. The summed E-state index contributed by atoms with van der Waals surface area (Å²) in [5, 5.41) is 0. The maximum Gasteiger partial charge on any atom is 0.0594 e. The van der Waals surface area contributed by atoms with Crippen LogP contribution >= 0.6 is 0 Å². The van der Waals surface area contributed by atoms with E-state index in [-0.39, 0.29) is 6.04 Å². The zero-order valence-electron chi connectivity index (χ0n) is 9.86. The number of nitrogens with zero attached hydrogens (tertiary/aromatic N) is 1. The van der Waals surface area contributed by atoms with Gasteiger partial charge in [0.1, 0.15) is 0 Å². The number of hydrogen-bond acceptors (Lipinski definition) is 3. The lowest BCUT2D eigenvalue weighted by Crippen LogP contribution is -2.40. The minimum absolute atomic E-state index is 0.110. The third-order valence-corrected chi connectivity index (χ3v) is 3.15. The van der Waals surface area contributed by atoms with Crippen molar-refractivity contribution >= 4 is 0 Å². The van der Waals surface area contributed by atoms with Crippen molar-refractivity contribution in [2.24, 2.45) is 5.73 Å². The molecule has 1 atom stereocenters. The lowest BCUT2D eigenvalue weighted by atomic mass is 10.0. The molecule has 2 rings (SSSR count). The van der Waals surface area contributed by atoms with E-state index in [0.29, 0.717) is 0 Å². The Balaban J connectivity index is 1.96. The zero-order valence-corrected chi connectivity index (χ0v) is 9.86. The van der Waals surface area contributed by atoms with E-state index in [4.69, 9.17) is 10.5 Å². The Labute approximate surface area is 97.2 Å². The summed E-state index contributed by atoms with van der Waals surface area (Å²) in [4.78, 5) is 2.38. The Hall–Kier alpha value is -0.900. The highest BCUT2D eigenvalue weighted by Crippen LogP contribution is 2.16. The van der Waals surface area contributed by atoms with Crippen molar-refractivity contribution in [3.05, 3.63) is 35.4 Å². The van der Waals surface area contributed by atoms with Crippen LogP contribution in [0.15, 0.2) is 24.3 Å². The molecular weight excluding hydrogens is 200 g/mol. The Morgan fingerprint density at radius 2 is 2.00 bits per heavy atom. The maximum absolute atomic E-state index is 6.24. The Morgan fingerprint density at radius 1 is 1.31 bits per heavy atom. The number of hydrogen-bond donors (Lipinski definition) is 1. The first-order valence-electron chi connectivity index (χ1n) is 5.88. The van der Waals surface area contributed by atoms with Gasteiger partial charge in [-0.1, -0.05) is 24.3 Å². The fraction of sp³-hybridized carbons (Fsp3) is 0.538. The summed E-state index contributed by atoms with van der Waals surface area (Å²) in [6.07, 6.45) is 0. The standard InChI is InChI=1S/C13H20N2O/c1-11-4-2-3-5-12(11)13(14)10-15-6-8-16-9-7-15/h2-5,13H,6-10,14H2,1H3. The molecule has 1 unspecified atom stereocenters. The van der Waals surface area contributed by atoms with Crippen LogP contribution in [0.3, 0.4) is 0 Å². The molecule has 0 radical (unpaired) electrons. The quantitative estimate of drug-likeness (QED) is 0.835. The lowest BCUT2D eigenvalue weighted by Gasteiger charge is -2.29. The first-order chi connectivity index (χ1) is 7.77. The Bertz CT molecular complexity index is 334. The highest BCUT2D eigenvalue weighted by Gasteiger charge is 2.15. The number of rotatable bonds is 3. The summed E-state index contributed by atoms with van der Waals surface area (Å²) < 4.78 is 5.33. The molecule has 1 heterocycles. The molecule has 16 heavy (non-hydrogen) atoms. The van der Waals surface area contributed by atoms with Gasteiger partial charge in [0.15, 0.2) is 0 Å². The number of morpholine rings is 1. The van der Waals surface area contributed by atoms with Gasteiger partial charge in [-0.3, -0.25) is 4.90 Å². The van der Waals surface area contributed by atoms with Gasteiger partial charge in [-0.25, -0.2) is 0 Å². The molecule has 0 spiro atoms. The molecule has 1 aromatic rings. The van der Waals surface area contributed by atoms with Crippen molar-refractivity contribution in [2.45, 2.75) is 13.0 Å². The topological polar surface area (TPSA) is 38.5 Å². The minimum atomic E-state index is 0.110. The lowest BCUT2D eigenvalue weighted by molar-refractivity contribution is 0.0352. The molecular formula is C13H20N2O. The summed E-state index contributed by atoms with van der Waals surface area (Å²) in [6.45, 7) is 6.71. The van der Waals surface area contributed by atoms with Gasteiger partial charge in [-0.2, -0.15) is 0 Å². The molecule has 1 aliphatic heterocycles. The zero-order chi connectivity index (χ0) is 11.4. The van der Waals surface area contributed by atoms with E-state index < -0.39 is 0 Å². The van der Waals surface area contributed by atoms with Gasteiger partial charge in [0.05, 0.1) is 13.2 Å². The van der Waals surface area contributed by atoms with Crippen LogP contribution in [0.1, 0.15) is 17.2 Å². The molecule has 3 nitrogen and oxygen atoms in total. The fourth-order valence-electron chi connectivity index (χ4n) is 2.16. The third-order valence-electron chi connectivity index (χ3n) is 3.15. The van der Waals surface area contributed by atoms with Gasteiger partial charge in [-0.15, -0.1) is 0 Å². The second-order valence-corrected chi connectivity index (χ2v) is 4.38. The van der Waals surface area contributed by atoms with Gasteiger partial charge in [0, 0.05) is 25.7 Å². The van der Waals surface area contributed by atoms with Gasteiger partial charge in [0.2, 0.25) is 0 Å². The van der Waals surface area contributed by atoms with Gasteiger partial charge >= 0.3 is 0 Å². The van der Waals surface area contributed by atoms with Crippen molar-refractivity contribution in [1.82, 2.24) is 4.90 Å². The van der Waals surface area contributed by atoms with Crippen molar-refractivity contribution < 1.29 is 4.74 Å². The van der Waals surface area contributed by atoms with Crippen LogP contribution in [-0.4, -0.2) is 37.7 Å². The summed E-state index contributed by atoms with van der Waals surface area (Å²) in [5.74, 6) is 0. The van der Waals surface area contributed by atoms with Crippen LogP contribution < -0.4 is 5.73 Å². The molecule has 1 aliphatic rings. The molecule has 1 aromatic carbocycles. The van der Waals surface area contributed by atoms with Crippen molar-refractivity contribution in [2.75, 3.05) is 32.8 Å². The number of nitrogens with two attached hydrogens (primary N) is 1. The largest absolute Gasteiger partial charge is 0.379 e. The third kappa shape index (κ3) is 2.82. The summed E-state index contributed by atoms with van der Waals surface area (Å²) >= 11 is 0. The summed E-state index contributed by atoms with van der Waals surface area (Å²) in [7, 11) is 0. The molecule has 0 aliphatic carbocycles. The Kier molecular flexibility index (Phi) is 3.93. The van der Waals surface area contributed by atoms with Crippen molar-refractivity contribution in [1.29, 1.82) is 0 Å². The van der Waals surface area contributed by atoms with Crippen LogP contribution in [0.2, 0.25) is 0 Å². The average Bonchev–Trinajstić information content (AvgIpc) is 2.31. The first kappa shape index (κ1) is 11.6. The second kappa shape index (κ2) is 5.43. The average molecular weight is 220 g/mol. The fourth-order valence-corrected chi connectivity index (χ4v) is 2.16. The van der Waals surface area contributed by atoms with E-state index >= 15 is 0 Å². The molecule has 1 fully saturated rings. The first-order valence-corrected chi connectivity index (χ1v) is 5.88. The SMILES string of the molecule is Cc1ccccc1C(N)CN1CCOCC1. The number of ether oxygens (including phenoxy) is 1. The predicted molar refractivity (Wildman–Crippen MR) is 65.4 cm³/mol. The minimum Gasteiger partial charge on any atom is -0.379 e. The molecule has 0 bridgehead atoms. The monoisotopic (exact) mass is 220 g/mol. The highest BCUT2D eigenvalue weighted by molar-refractivity contribution is 5.28. The molecule has 3 heteroatoms. The summed E-state index contributed by atoms with van der Waals surface area (Å²) in [5.41, 5.74) is 8.78. The van der Waals surface area contributed by atoms with E-state index in [1.807, 2.05) is 0 Å². The van der Waals surface area contributed by atoms with Crippen LogP contribution in [0.25, 0.3) is 0 Å². The molecule has 88 valence electrons. The molecule has 1 saturated heterocycles. The van der Waals surface area contributed by atoms with Crippen LogP contribution in [0.5, 0.6) is 0 Å². The van der Waals surface area contributed by atoms with E-state index in [0.717, 1.165) is 32.8 Å². The smallest absolute Gasteiger partial charge is 0.0594 e.